The Morgan fingerprint density at radius 2 is 2.10 bits per heavy atom. The fraction of sp³-hybridized carbons (Fsp3) is 0.462. The summed E-state index contributed by atoms with van der Waals surface area (Å²) in [5, 5.41) is 5.01. The van der Waals surface area contributed by atoms with Crippen LogP contribution in [0.1, 0.15) is 18.0 Å². The highest BCUT2D eigenvalue weighted by atomic mass is 32.2. The summed E-state index contributed by atoms with van der Waals surface area (Å²) in [6, 6.07) is 1.81. The summed E-state index contributed by atoms with van der Waals surface area (Å²) in [5.41, 5.74) is 7.79. The van der Waals surface area contributed by atoms with Gasteiger partial charge in [0.2, 0.25) is 0 Å². The molecule has 2 atom stereocenters. The zero-order valence-corrected chi connectivity index (χ0v) is 13.1. The van der Waals surface area contributed by atoms with E-state index in [2.05, 4.69) is 17.0 Å². The molecule has 2 aromatic heterocycles. The largest absolute Gasteiger partial charge is 0.384 e. The van der Waals surface area contributed by atoms with Gasteiger partial charge in [0.15, 0.2) is 0 Å². The summed E-state index contributed by atoms with van der Waals surface area (Å²) < 4.78 is 1.77. The average Bonchev–Trinajstić information content (AvgIpc) is 2.85. The van der Waals surface area contributed by atoms with Crippen molar-refractivity contribution in [1.82, 2.24) is 19.7 Å². The van der Waals surface area contributed by atoms with Crippen molar-refractivity contribution in [3.63, 3.8) is 0 Å². The first kappa shape index (κ1) is 13.8. The zero-order valence-electron chi connectivity index (χ0n) is 11.5. The van der Waals surface area contributed by atoms with Gasteiger partial charge in [0, 0.05) is 41.6 Å². The van der Waals surface area contributed by atoms with E-state index in [9.17, 15) is 0 Å². The summed E-state index contributed by atoms with van der Waals surface area (Å²) in [4.78, 5) is 9.16. The van der Waals surface area contributed by atoms with Crippen molar-refractivity contribution in [2.24, 2.45) is 7.05 Å². The van der Waals surface area contributed by atoms with Crippen LogP contribution >= 0.6 is 23.5 Å². The number of hydrogen-bond acceptors (Lipinski definition) is 6. The Morgan fingerprint density at radius 1 is 1.30 bits per heavy atom. The first-order valence-corrected chi connectivity index (χ1v) is 8.60. The number of aryl methyl sites for hydroxylation is 1. The minimum atomic E-state index is 0.313. The van der Waals surface area contributed by atoms with E-state index >= 15 is 0 Å². The molecule has 2 unspecified atom stereocenters. The highest BCUT2D eigenvalue weighted by Crippen LogP contribution is 2.41. The lowest BCUT2D eigenvalue weighted by molar-refractivity contribution is 0.768. The van der Waals surface area contributed by atoms with Crippen LogP contribution in [-0.4, -0.2) is 36.5 Å². The van der Waals surface area contributed by atoms with Crippen LogP contribution in [0.15, 0.2) is 18.5 Å². The van der Waals surface area contributed by atoms with Gasteiger partial charge < -0.3 is 5.73 Å². The molecule has 7 heteroatoms. The van der Waals surface area contributed by atoms with E-state index in [0.717, 1.165) is 22.8 Å². The first-order chi connectivity index (χ1) is 9.63. The third-order valence-corrected chi connectivity index (χ3v) is 6.29. The Morgan fingerprint density at radius 3 is 2.80 bits per heavy atom. The van der Waals surface area contributed by atoms with Crippen LogP contribution in [0.2, 0.25) is 0 Å². The lowest BCUT2D eigenvalue weighted by atomic mass is 10.2. The van der Waals surface area contributed by atoms with Crippen molar-refractivity contribution in [3.8, 4) is 11.3 Å². The molecular weight excluding hydrogens is 290 g/mol. The van der Waals surface area contributed by atoms with Crippen LogP contribution < -0.4 is 5.73 Å². The number of nitrogen functional groups attached to an aromatic ring is 1. The lowest BCUT2D eigenvalue weighted by Crippen LogP contribution is -2.18. The highest BCUT2D eigenvalue weighted by molar-refractivity contribution is 8.06. The molecule has 1 fully saturated rings. The molecule has 0 radical (unpaired) electrons. The predicted molar refractivity (Wildman–Crippen MR) is 85.8 cm³/mol. The third-order valence-electron chi connectivity index (χ3n) is 3.21. The molecule has 0 bridgehead atoms. The van der Waals surface area contributed by atoms with Crippen LogP contribution in [0.5, 0.6) is 0 Å². The van der Waals surface area contributed by atoms with E-state index < -0.39 is 0 Å². The van der Waals surface area contributed by atoms with Gasteiger partial charge in [-0.3, -0.25) is 4.68 Å². The molecule has 20 heavy (non-hydrogen) atoms. The smallest absolute Gasteiger partial charge is 0.145 e. The Balaban J connectivity index is 1.98. The normalized spacial score (nSPS) is 22.9. The topological polar surface area (TPSA) is 69.6 Å². The maximum atomic E-state index is 5.96. The minimum Gasteiger partial charge on any atom is -0.384 e. The van der Waals surface area contributed by atoms with Gasteiger partial charge >= 0.3 is 0 Å². The van der Waals surface area contributed by atoms with Gasteiger partial charge in [0.05, 0.1) is 17.1 Å². The summed E-state index contributed by atoms with van der Waals surface area (Å²) in [6.07, 6.45) is 3.75. The summed E-state index contributed by atoms with van der Waals surface area (Å²) in [5.74, 6) is 3.70. The van der Waals surface area contributed by atoms with Crippen molar-refractivity contribution < 1.29 is 0 Å². The number of nitrogens with zero attached hydrogens (tertiary/aromatic N) is 4. The van der Waals surface area contributed by atoms with Gasteiger partial charge in [-0.05, 0) is 0 Å². The third kappa shape index (κ3) is 2.78. The van der Waals surface area contributed by atoms with Gasteiger partial charge in [-0.25, -0.2) is 9.97 Å². The SMILES string of the molecule is CC1SCCSC1c1nc(N)cc(-c2cnn(C)c2)n1. The molecule has 5 nitrogen and oxygen atoms in total. The van der Waals surface area contributed by atoms with Gasteiger partial charge in [-0.15, -0.1) is 11.8 Å². The fourth-order valence-electron chi connectivity index (χ4n) is 2.23. The number of rotatable bonds is 2. The molecule has 3 rings (SSSR count). The second-order valence-electron chi connectivity index (χ2n) is 4.81. The molecule has 1 saturated heterocycles. The molecule has 2 aromatic rings. The molecule has 1 aliphatic heterocycles. The van der Waals surface area contributed by atoms with E-state index in [4.69, 9.17) is 10.7 Å². The average molecular weight is 307 g/mol. The van der Waals surface area contributed by atoms with Crippen LogP contribution in [0.25, 0.3) is 11.3 Å². The van der Waals surface area contributed by atoms with Crippen molar-refractivity contribution in [1.29, 1.82) is 0 Å². The molecule has 1 aliphatic rings. The first-order valence-electron chi connectivity index (χ1n) is 6.50. The highest BCUT2D eigenvalue weighted by Gasteiger charge is 2.27. The van der Waals surface area contributed by atoms with E-state index in [1.165, 1.54) is 5.75 Å². The van der Waals surface area contributed by atoms with Crippen LogP contribution in [-0.2, 0) is 7.05 Å². The van der Waals surface area contributed by atoms with Crippen molar-refractivity contribution in [3.05, 3.63) is 24.3 Å². The zero-order chi connectivity index (χ0) is 14.1. The lowest BCUT2D eigenvalue weighted by Gasteiger charge is -2.26. The molecule has 3 heterocycles. The quantitative estimate of drug-likeness (QED) is 0.918. The summed E-state index contributed by atoms with van der Waals surface area (Å²) in [7, 11) is 1.89. The van der Waals surface area contributed by atoms with E-state index in [-0.39, 0.29) is 0 Å². The van der Waals surface area contributed by atoms with Gasteiger partial charge in [0.1, 0.15) is 11.6 Å². The van der Waals surface area contributed by atoms with Crippen molar-refractivity contribution in [2.45, 2.75) is 17.4 Å². The molecule has 0 amide bonds. The number of nitrogens with two attached hydrogens (primary N) is 1. The van der Waals surface area contributed by atoms with E-state index in [1.807, 2.05) is 42.8 Å². The molecule has 0 saturated carbocycles. The second kappa shape index (κ2) is 5.65. The Hall–Kier alpha value is -1.21. The van der Waals surface area contributed by atoms with Crippen LogP contribution in [0.3, 0.4) is 0 Å². The summed E-state index contributed by atoms with van der Waals surface area (Å²) in [6.45, 7) is 2.23. The van der Waals surface area contributed by atoms with Crippen molar-refractivity contribution in [2.75, 3.05) is 17.2 Å². The minimum absolute atomic E-state index is 0.313. The maximum absolute atomic E-state index is 5.96. The Bertz CT molecular complexity index is 613. The standard InChI is InChI=1S/C13H17N5S2/c1-8-12(20-4-3-19-8)13-16-10(5-11(14)17-13)9-6-15-18(2)7-9/h5-8,12H,3-4H2,1-2H3,(H2,14,16,17). The number of aromatic nitrogens is 4. The second-order valence-corrected chi connectivity index (χ2v) is 7.54. The van der Waals surface area contributed by atoms with Gasteiger partial charge in [-0.2, -0.15) is 16.9 Å². The van der Waals surface area contributed by atoms with Crippen LogP contribution in [0.4, 0.5) is 5.82 Å². The number of anilines is 1. The maximum Gasteiger partial charge on any atom is 0.145 e. The van der Waals surface area contributed by atoms with E-state index in [1.54, 1.807) is 10.9 Å². The molecular formula is C13H17N5S2. The molecule has 0 aromatic carbocycles. The Labute approximate surface area is 126 Å². The molecule has 106 valence electrons. The van der Waals surface area contributed by atoms with E-state index in [0.29, 0.717) is 16.3 Å². The van der Waals surface area contributed by atoms with Gasteiger partial charge in [-0.1, -0.05) is 6.92 Å². The van der Waals surface area contributed by atoms with Crippen molar-refractivity contribution >= 4 is 29.3 Å². The fourth-order valence-corrected chi connectivity index (χ4v) is 4.92. The summed E-state index contributed by atoms with van der Waals surface area (Å²) >= 11 is 3.89. The molecule has 0 aliphatic carbocycles. The monoisotopic (exact) mass is 307 g/mol. The number of hydrogen-bond donors (Lipinski definition) is 1. The van der Waals surface area contributed by atoms with Crippen LogP contribution in [0, 0.1) is 0 Å². The molecule has 2 N–H and O–H groups in total. The number of thioether (sulfide) groups is 2. The Kier molecular flexibility index (Phi) is 3.89. The van der Waals surface area contributed by atoms with Gasteiger partial charge in [0.25, 0.3) is 0 Å². The molecule has 0 spiro atoms. The predicted octanol–water partition coefficient (Wildman–Crippen LogP) is 2.37.